The third-order valence-corrected chi connectivity index (χ3v) is 6.13. The van der Waals surface area contributed by atoms with Crippen LogP contribution in [0.3, 0.4) is 0 Å². The number of nitrogens with one attached hydrogen (secondary N) is 1. The molecular formula is C16H18N2O2S2. The van der Waals surface area contributed by atoms with Crippen LogP contribution in [-0.2, 0) is 11.3 Å². The first-order valence-electron chi connectivity index (χ1n) is 7.19. The lowest BCUT2D eigenvalue weighted by Gasteiger charge is -2.19. The van der Waals surface area contributed by atoms with E-state index in [-0.39, 0.29) is 5.91 Å². The number of rotatable bonds is 4. The second kappa shape index (κ2) is 6.40. The van der Waals surface area contributed by atoms with Gasteiger partial charge in [-0.15, -0.1) is 11.3 Å². The lowest BCUT2D eigenvalue weighted by Crippen LogP contribution is -2.46. The maximum Gasteiger partial charge on any atom is 0.253 e. The van der Waals surface area contributed by atoms with E-state index >= 15 is 0 Å². The first-order chi connectivity index (χ1) is 10.6. The van der Waals surface area contributed by atoms with Crippen molar-refractivity contribution in [3.63, 3.8) is 0 Å². The van der Waals surface area contributed by atoms with Crippen molar-refractivity contribution in [1.82, 2.24) is 10.3 Å². The van der Waals surface area contributed by atoms with Crippen LogP contribution in [0.5, 0.6) is 0 Å². The van der Waals surface area contributed by atoms with Gasteiger partial charge < -0.3 is 10.4 Å². The number of hydrogen-bond acceptors (Lipinski definition) is 5. The molecule has 0 spiro atoms. The summed E-state index contributed by atoms with van der Waals surface area (Å²) < 4.78 is 0. The third-order valence-electron chi connectivity index (χ3n) is 3.75. The zero-order valence-electron chi connectivity index (χ0n) is 12.3. The second-order valence-electron chi connectivity index (χ2n) is 5.41. The fraction of sp³-hybridized carbons (Fsp3) is 0.375. The Morgan fingerprint density at radius 2 is 2.18 bits per heavy atom. The summed E-state index contributed by atoms with van der Waals surface area (Å²) >= 11 is 3.20. The summed E-state index contributed by atoms with van der Waals surface area (Å²) in [7, 11) is 0. The number of hydrogen-bond donors (Lipinski definition) is 2. The number of thioether (sulfide) groups is 1. The lowest BCUT2D eigenvalue weighted by atomic mass is 10.0. The van der Waals surface area contributed by atoms with Crippen LogP contribution in [0.25, 0.3) is 10.6 Å². The minimum atomic E-state index is -1.20. The molecule has 1 aliphatic heterocycles. The normalized spacial score (nSPS) is 21.0. The fourth-order valence-corrected chi connectivity index (χ4v) is 4.60. The minimum absolute atomic E-state index is 0.272. The number of carbonyl (C=O) groups is 1. The number of aryl methyl sites for hydroxylation is 1. The van der Waals surface area contributed by atoms with E-state index in [0.717, 1.165) is 26.9 Å². The summed E-state index contributed by atoms with van der Waals surface area (Å²) in [4.78, 5) is 17.7. The molecule has 0 aliphatic carbocycles. The van der Waals surface area contributed by atoms with Gasteiger partial charge >= 0.3 is 0 Å². The highest BCUT2D eigenvalue weighted by Gasteiger charge is 2.39. The van der Waals surface area contributed by atoms with Crippen LogP contribution in [0.1, 0.15) is 17.0 Å². The molecule has 6 heteroatoms. The van der Waals surface area contributed by atoms with Gasteiger partial charge in [0, 0.05) is 16.2 Å². The highest BCUT2D eigenvalue weighted by atomic mass is 32.2. The Bertz CT molecular complexity index is 664. The van der Waals surface area contributed by atoms with Crippen molar-refractivity contribution in [2.45, 2.75) is 25.5 Å². The van der Waals surface area contributed by atoms with Crippen molar-refractivity contribution in [2.75, 3.05) is 11.5 Å². The van der Waals surface area contributed by atoms with Crippen LogP contribution < -0.4 is 5.32 Å². The van der Waals surface area contributed by atoms with Gasteiger partial charge in [0.2, 0.25) is 0 Å². The van der Waals surface area contributed by atoms with Gasteiger partial charge in [0.05, 0.1) is 12.2 Å². The van der Waals surface area contributed by atoms with E-state index in [2.05, 4.69) is 10.3 Å². The molecule has 116 valence electrons. The predicted octanol–water partition coefficient (Wildman–Crippen LogP) is 2.60. The molecule has 0 saturated carbocycles. The summed E-state index contributed by atoms with van der Waals surface area (Å²) in [5.41, 5.74) is 0.807. The first-order valence-corrected chi connectivity index (χ1v) is 9.16. The van der Waals surface area contributed by atoms with Crippen molar-refractivity contribution in [1.29, 1.82) is 0 Å². The molecule has 1 amide bonds. The van der Waals surface area contributed by atoms with Gasteiger partial charge in [-0.2, -0.15) is 11.8 Å². The molecule has 1 saturated heterocycles. The van der Waals surface area contributed by atoms with E-state index in [4.69, 9.17) is 0 Å². The molecule has 1 unspecified atom stereocenters. The van der Waals surface area contributed by atoms with Crippen molar-refractivity contribution in [3.8, 4) is 10.6 Å². The molecule has 0 bridgehead atoms. The van der Waals surface area contributed by atoms with Gasteiger partial charge in [-0.1, -0.05) is 30.3 Å². The fourth-order valence-electron chi connectivity index (χ4n) is 2.35. The zero-order chi connectivity index (χ0) is 15.6. The number of thiazole rings is 1. The van der Waals surface area contributed by atoms with Crippen LogP contribution in [0, 0.1) is 6.92 Å². The SMILES string of the molecule is Cc1nc(-c2ccccc2)sc1CNC(=O)C1(O)CCSC1. The number of amides is 1. The number of benzene rings is 1. The van der Waals surface area contributed by atoms with Crippen molar-refractivity contribution < 1.29 is 9.90 Å². The number of nitrogens with zero attached hydrogens (tertiary/aromatic N) is 1. The highest BCUT2D eigenvalue weighted by molar-refractivity contribution is 7.99. The monoisotopic (exact) mass is 334 g/mol. The van der Waals surface area contributed by atoms with Crippen LogP contribution in [0.4, 0.5) is 0 Å². The molecule has 0 radical (unpaired) electrons. The standard InChI is InChI=1S/C16H18N2O2S2/c1-11-13(9-17-15(19)16(20)7-8-21-10-16)22-14(18-11)12-5-3-2-4-6-12/h2-6,20H,7-10H2,1H3,(H,17,19). The average Bonchev–Trinajstić information content (AvgIpc) is 3.13. The van der Waals surface area contributed by atoms with Crippen molar-refractivity contribution in [3.05, 3.63) is 40.9 Å². The Labute approximate surface area is 138 Å². The van der Waals surface area contributed by atoms with Gasteiger partial charge in [-0.25, -0.2) is 4.98 Å². The van der Waals surface area contributed by atoms with Gasteiger partial charge in [0.25, 0.3) is 5.91 Å². The van der Waals surface area contributed by atoms with Crippen LogP contribution in [0.2, 0.25) is 0 Å². The largest absolute Gasteiger partial charge is 0.379 e. The molecule has 2 aromatic rings. The van der Waals surface area contributed by atoms with Crippen LogP contribution in [0.15, 0.2) is 30.3 Å². The molecular weight excluding hydrogens is 316 g/mol. The van der Waals surface area contributed by atoms with E-state index < -0.39 is 5.60 Å². The molecule has 3 rings (SSSR count). The Morgan fingerprint density at radius 1 is 1.41 bits per heavy atom. The van der Waals surface area contributed by atoms with Gasteiger partial charge in [-0.3, -0.25) is 4.79 Å². The maximum absolute atomic E-state index is 12.1. The summed E-state index contributed by atoms with van der Waals surface area (Å²) in [6.45, 7) is 2.37. The lowest BCUT2D eigenvalue weighted by molar-refractivity contribution is -0.137. The number of carbonyl (C=O) groups excluding carboxylic acids is 1. The van der Waals surface area contributed by atoms with E-state index in [1.54, 1.807) is 23.1 Å². The summed E-state index contributed by atoms with van der Waals surface area (Å²) in [6, 6.07) is 10.0. The molecule has 2 heterocycles. The molecule has 1 atom stereocenters. The Balaban J connectivity index is 1.68. The smallest absolute Gasteiger partial charge is 0.253 e. The number of aromatic nitrogens is 1. The Kier molecular flexibility index (Phi) is 4.52. The summed E-state index contributed by atoms with van der Waals surface area (Å²) in [6.07, 6.45) is 0.528. The zero-order valence-corrected chi connectivity index (χ0v) is 14.0. The molecule has 2 N–H and O–H groups in total. The van der Waals surface area contributed by atoms with E-state index in [0.29, 0.717) is 18.7 Å². The number of aliphatic hydroxyl groups is 1. The topological polar surface area (TPSA) is 62.2 Å². The van der Waals surface area contributed by atoms with E-state index in [1.165, 1.54) is 0 Å². The van der Waals surface area contributed by atoms with Gasteiger partial charge in [0.15, 0.2) is 5.60 Å². The quantitative estimate of drug-likeness (QED) is 0.902. The van der Waals surface area contributed by atoms with Gasteiger partial charge in [0.1, 0.15) is 5.01 Å². The Morgan fingerprint density at radius 3 is 2.86 bits per heavy atom. The van der Waals surface area contributed by atoms with Gasteiger partial charge in [-0.05, 0) is 19.1 Å². The van der Waals surface area contributed by atoms with E-state index in [9.17, 15) is 9.90 Å². The first kappa shape index (κ1) is 15.5. The molecule has 1 fully saturated rings. The maximum atomic E-state index is 12.1. The van der Waals surface area contributed by atoms with Crippen LogP contribution in [-0.4, -0.2) is 33.1 Å². The average molecular weight is 334 g/mol. The summed E-state index contributed by atoms with van der Waals surface area (Å²) in [5, 5.41) is 14.1. The predicted molar refractivity (Wildman–Crippen MR) is 91.0 cm³/mol. The Hall–Kier alpha value is -1.37. The minimum Gasteiger partial charge on any atom is -0.379 e. The molecule has 4 nitrogen and oxygen atoms in total. The van der Waals surface area contributed by atoms with Crippen molar-refractivity contribution in [2.24, 2.45) is 0 Å². The van der Waals surface area contributed by atoms with Crippen molar-refractivity contribution >= 4 is 29.0 Å². The van der Waals surface area contributed by atoms with E-state index in [1.807, 2.05) is 37.3 Å². The molecule has 22 heavy (non-hydrogen) atoms. The molecule has 1 aliphatic rings. The second-order valence-corrected chi connectivity index (χ2v) is 7.60. The molecule has 1 aromatic carbocycles. The van der Waals surface area contributed by atoms with Crippen LogP contribution >= 0.6 is 23.1 Å². The highest BCUT2D eigenvalue weighted by Crippen LogP contribution is 2.29. The third kappa shape index (κ3) is 3.19. The molecule has 1 aromatic heterocycles. The summed E-state index contributed by atoms with van der Waals surface area (Å²) in [5.74, 6) is 1.05.